The van der Waals surface area contributed by atoms with E-state index in [2.05, 4.69) is 17.5 Å². The summed E-state index contributed by atoms with van der Waals surface area (Å²) < 4.78 is 2.73. The smallest absolute Gasteiger partial charge is 0.0909 e. The van der Waals surface area contributed by atoms with Gasteiger partial charge in [-0.25, -0.2) is 0 Å². The number of halogens is 1. The molecular formula is C12H18ClNO2S. The van der Waals surface area contributed by atoms with Crippen LogP contribution in [0.2, 0.25) is 5.02 Å². The van der Waals surface area contributed by atoms with Crippen LogP contribution in [0.1, 0.15) is 24.8 Å². The second-order valence-corrected chi connectivity index (χ2v) is 4.78. The maximum Gasteiger partial charge on any atom is 0.0909 e. The van der Waals surface area contributed by atoms with Crippen molar-refractivity contribution in [2.24, 2.45) is 0 Å². The van der Waals surface area contributed by atoms with Gasteiger partial charge in [0.05, 0.1) is 5.60 Å². The molecule has 17 heavy (non-hydrogen) atoms. The molecule has 1 aromatic rings. The van der Waals surface area contributed by atoms with Gasteiger partial charge in [0.15, 0.2) is 0 Å². The van der Waals surface area contributed by atoms with Crippen molar-refractivity contribution in [3.8, 4) is 0 Å². The first-order chi connectivity index (χ1) is 8.12. The molecule has 0 aliphatic carbocycles. The summed E-state index contributed by atoms with van der Waals surface area (Å²) in [4.78, 5) is 0. The molecule has 1 atom stereocenters. The lowest BCUT2D eigenvalue weighted by Crippen LogP contribution is -2.29. The fourth-order valence-corrected chi connectivity index (χ4v) is 2.05. The average molecular weight is 276 g/mol. The molecule has 1 rings (SSSR count). The lowest BCUT2D eigenvalue weighted by Gasteiger charge is -2.28. The zero-order chi connectivity index (χ0) is 12.7. The molecule has 1 aromatic carbocycles. The SMILES string of the molecule is OCCCC(O)(CCNS)c1ccc(Cl)cc1. The standard InChI is InChI=1S/C12H18ClNO2S/c13-11-4-2-10(3-5-11)12(16,6-1-9-15)7-8-14-17/h2-5,14-17H,1,6-9H2. The van der Waals surface area contributed by atoms with Crippen LogP contribution in [0.5, 0.6) is 0 Å². The van der Waals surface area contributed by atoms with Crippen molar-refractivity contribution in [3.05, 3.63) is 34.9 Å². The summed E-state index contributed by atoms with van der Waals surface area (Å²) in [5.41, 5.74) is -0.123. The van der Waals surface area contributed by atoms with Gasteiger partial charge in [-0.05, 0) is 37.0 Å². The van der Waals surface area contributed by atoms with E-state index >= 15 is 0 Å². The third kappa shape index (κ3) is 4.48. The molecule has 0 amide bonds. The van der Waals surface area contributed by atoms with Crippen LogP contribution in [0.3, 0.4) is 0 Å². The largest absolute Gasteiger partial charge is 0.396 e. The molecule has 0 radical (unpaired) electrons. The molecule has 0 heterocycles. The maximum absolute atomic E-state index is 10.6. The Labute approximate surface area is 112 Å². The van der Waals surface area contributed by atoms with Crippen molar-refractivity contribution < 1.29 is 10.2 Å². The molecule has 3 N–H and O–H groups in total. The Morgan fingerprint density at radius 2 is 1.88 bits per heavy atom. The van der Waals surface area contributed by atoms with E-state index in [9.17, 15) is 5.11 Å². The summed E-state index contributed by atoms with van der Waals surface area (Å²) in [5.74, 6) is 0. The predicted molar refractivity (Wildman–Crippen MR) is 73.3 cm³/mol. The maximum atomic E-state index is 10.6. The van der Waals surface area contributed by atoms with Crippen LogP contribution in [-0.2, 0) is 5.60 Å². The summed E-state index contributed by atoms with van der Waals surface area (Å²) in [6, 6.07) is 7.15. The van der Waals surface area contributed by atoms with Crippen molar-refractivity contribution in [1.29, 1.82) is 0 Å². The van der Waals surface area contributed by atoms with Crippen LogP contribution < -0.4 is 4.72 Å². The predicted octanol–water partition coefficient (Wildman–Crippen LogP) is 2.12. The summed E-state index contributed by atoms with van der Waals surface area (Å²) in [7, 11) is 0. The highest BCUT2D eigenvalue weighted by Gasteiger charge is 2.27. The van der Waals surface area contributed by atoms with Crippen LogP contribution in [0.15, 0.2) is 24.3 Å². The van der Waals surface area contributed by atoms with E-state index in [-0.39, 0.29) is 6.61 Å². The molecule has 96 valence electrons. The Balaban J connectivity index is 2.83. The molecule has 3 nitrogen and oxygen atoms in total. The molecule has 1 unspecified atom stereocenters. The second kappa shape index (κ2) is 7.24. The fourth-order valence-electron chi connectivity index (χ4n) is 1.81. The van der Waals surface area contributed by atoms with Gasteiger partial charge >= 0.3 is 0 Å². The van der Waals surface area contributed by atoms with E-state index in [1.807, 2.05) is 12.1 Å². The summed E-state index contributed by atoms with van der Waals surface area (Å²) in [6.07, 6.45) is 1.62. The van der Waals surface area contributed by atoms with Crippen LogP contribution >= 0.6 is 24.4 Å². The number of hydrogen-bond acceptors (Lipinski definition) is 4. The third-order valence-electron chi connectivity index (χ3n) is 2.78. The van der Waals surface area contributed by atoms with Gasteiger partial charge in [0.2, 0.25) is 0 Å². The minimum atomic E-state index is -0.941. The van der Waals surface area contributed by atoms with E-state index in [1.165, 1.54) is 0 Å². The number of aliphatic hydroxyl groups is 2. The van der Waals surface area contributed by atoms with Gasteiger partial charge in [0.1, 0.15) is 0 Å². The third-order valence-corrected chi connectivity index (χ3v) is 3.26. The van der Waals surface area contributed by atoms with Crippen LogP contribution in [0.4, 0.5) is 0 Å². The molecule has 0 saturated heterocycles. The van der Waals surface area contributed by atoms with Gasteiger partial charge in [-0.3, -0.25) is 4.72 Å². The van der Waals surface area contributed by atoms with Gasteiger partial charge < -0.3 is 10.2 Å². The summed E-state index contributed by atoms with van der Waals surface area (Å²) in [5, 5.41) is 20.1. The Bertz CT molecular complexity index is 324. The summed E-state index contributed by atoms with van der Waals surface area (Å²) >= 11 is 9.74. The van der Waals surface area contributed by atoms with Gasteiger partial charge in [0, 0.05) is 18.2 Å². The van der Waals surface area contributed by atoms with E-state index in [4.69, 9.17) is 16.7 Å². The van der Waals surface area contributed by atoms with Crippen LogP contribution in [0.25, 0.3) is 0 Å². The molecule has 0 saturated carbocycles. The zero-order valence-corrected chi connectivity index (χ0v) is 11.2. The number of benzene rings is 1. The van der Waals surface area contributed by atoms with Crippen LogP contribution in [0, 0.1) is 0 Å². The van der Waals surface area contributed by atoms with Gasteiger partial charge in [-0.2, -0.15) is 0 Å². The first-order valence-corrected chi connectivity index (χ1v) is 6.41. The lowest BCUT2D eigenvalue weighted by atomic mass is 9.86. The fraction of sp³-hybridized carbons (Fsp3) is 0.500. The van der Waals surface area contributed by atoms with E-state index < -0.39 is 5.60 Å². The van der Waals surface area contributed by atoms with Gasteiger partial charge in [-0.15, -0.1) is 0 Å². The highest BCUT2D eigenvalue weighted by atomic mass is 35.5. The lowest BCUT2D eigenvalue weighted by molar-refractivity contribution is 0.0140. The molecular weight excluding hydrogens is 258 g/mol. The van der Waals surface area contributed by atoms with Crippen molar-refractivity contribution in [1.82, 2.24) is 4.72 Å². The van der Waals surface area contributed by atoms with Gasteiger partial charge in [-0.1, -0.05) is 36.5 Å². The zero-order valence-electron chi connectivity index (χ0n) is 9.56. The Morgan fingerprint density at radius 3 is 2.41 bits per heavy atom. The molecule has 0 fully saturated rings. The molecule has 0 spiro atoms. The van der Waals surface area contributed by atoms with Crippen molar-refractivity contribution in [3.63, 3.8) is 0 Å². The van der Waals surface area contributed by atoms with E-state index in [0.717, 1.165) is 5.56 Å². The molecule has 0 aromatic heterocycles. The second-order valence-electron chi connectivity index (χ2n) is 4.02. The first-order valence-electron chi connectivity index (χ1n) is 5.58. The van der Waals surface area contributed by atoms with Gasteiger partial charge in [0.25, 0.3) is 0 Å². The Hall–Kier alpha value is -0.260. The number of thiol groups is 1. The first kappa shape index (κ1) is 14.8. The quantitative estimate of drug-likeness (QED) is 0.577. The van der Waals surface area contributed by atoms with Crippen molar-refractivity contribution >= 4 is 24.4 Å². The van der Waals surface area contributed by atoms with Crippen LogP contribution in [-0.4, -0.2) is 23.4 Å². The number of nitrogens with one attached hydrogen (secondary N) is 1. The highest BCUT2D eigenvalue weighted by molar-refractivity contribution is 7.78. The Kier molecular flexibility index (Phi) is 6.30. The molecule has 0 aliphatic heterocycles. The van der Waals surface area contributed by atoms with E-state index in [0.29, 0.717) is 30.8 Å². The molecule has 5 heteroatoms. The number of hydrogen-bond donors (Lipinski definition) is 4. The normalized spacial score (nSPS) is 14.6. The van der Waals surface area contributed by atoms with E-state index in [1.54, 1.807) is 12.1 Å². The highest BCUT2D eigenvalue weighted by Crippen LogP contribution is 2.30. The topological polar surface area (TPSA) is 52.5 Å². The monoisotopic (exact) mass is 275 g/mol. The number of aliphatic hydroxyl groups excluding tert-OH is 1. The molecule has 0 bridgehead atoms. The summed E-state index contributed by atoms with van der Waals surface area (Å²) in [6.45, 7) is 0.665. The minimum absolute atomic E-state index is 0.0736. The number of rotatable bonds is 7. The minimum Gasteiger partial charge on any atom is -0.396 e. The average Bonchev–Trinajstić information content (AvgIpc) is 2.34. The van der Waals surface area contributed by atoms with Crippen molar-refractivity contribution in [2.75, 3.05) is 13.2 Å². The Morgan fingerprint density at radius 1 is 1.24 bits per heavy atom. The van der Waals surface area contributed by atoms with Crippen molar-refractivity contribution in [2.45, 2.75) is 24.9 Å². The molecule has 0 aliphatic rings.